The summed E-state index contributed by atoms with van der Waals surface area (Å²) < 4.78 is 9.60. The van der Waals surface area contributed by atoms with Crippen molar-refractivity contribution in [1.29, 1.82) is 0 Å². The van der Waals surface area contributed by atoms with Gasteiger partial charge in [0, 0.05) is 5.02 Å². The Morgan fingerprint density at radius 1 is 1.18 bits per heavy atom. The molecule has 2 aromatic carbocycles. The van der Waals surface area contributed by atoms with Gasteiger partial charge in [-0.2, -0.15) is 0 Å². The Hall–Kier alpha value is -2.00. The summed E-state index contributed by atoms with van der Waals surface area (Å²) in [5, 5.41) is 0.994. The Kier molecular flexibility index (Phi) is 5.37. The quantitative estimate of drug-likeness (QED) is 0.277. The molecule has 0 aliphatic rings. The smallest absolute Gasteiger partial charge is 0.277 e. The van der Waals surface area contributed by atoms with Gasteiger partial charge in [-0.15, -0.1) is 0 Å². The third-order valence-corrected chi connectivity index (χ3v) is 6.28. The molecule has 0 radical (unpaired) electrons. The molecule has 142 valence electrons. The molecule has 0 N–H and O–H groups in total. The number of methoxy groups -OCH3 is 1. The molecule has 0 amide bonds. The molecule has 5 nitrogen and oxygen atoms in total. The normalized spacial score (nSPS) is 11.1. The maximum absolute atomic E-state index is 13.3. The molecular formula is C19H13BrClN3O2S2. The standard InChI is InChI=1S/C19H13BrClN3O2S2/c1-26-14-7-5-12(6-8-14)23-15(10-20)22-17-16(18(23)25)28-19(27)24(17)13-4-2-3-11(21)9-13/h2-9H,10H2,1H3. The van der Waals surface area contributed by atoms with E-state index in [9.17, 15) is 4.79 Å². The molecule has 2 aromatic heterocycles. The zero-order chi connectivity index (χ0) is 19.8. The lowest BCUT2D eigenvalue weighted by Crippen LogP contribution is -2.23. The summed E-state index contributed by atoms with van der Waals surface area (Å²) in [4.78, 5) is 18.1. The molecule has 0 aliphatic heterocycles. The fraction of sp³-hybridized carbons (Fsp3) is 0.105. The zero-order valence-corrected chi connectivity index (χ0v) is 18.5. The number of hydrogen-bond donors (Lipinski definition) is 0. The van der Waals surface area contributed by atoms with E-state index < -0.39 is 0 Å². The van der Waals surface area contributed by atoms with E-state index in [4.69, 9.17) is 33.5 Å². The van der Waals surface area contributed by atoms with Crippen molar-refractivity contribution in [2.45, 2.75) is 5.33 Å². The minimum Gasteiger partial charge on any atom is -0.497 e. The molecule has 4 aromatic rings. The number of nitrogens with zero attached hydrogens (tertiary/aromatic N) is 3. The van der Waals surface area contributed by atoms with Gasteiger partial charge < -0.3 is 4.74 Å². The third kappa shape index (κ3) is 3.30. The summed E-state index contributed by atoms with van der Waals surface area (Å²) >= 11 is 16.4. The molecule has 0 fully saturated rings. The average molecular weight is 495 g/mol. The minimum absolute atomic E-state index is 0.165. The Bertz CT molecular complexity index is 1300. The van der Waals surface area contributed by atoms with Crippen LogP contribution in [0.25, 0.3) is 21.7 Å². The number of rotatable bonds is 4. The molecule has 0 atom stereocenters. The van der Waals surface area contributed by atoms with Gasteiger partial charge in [0.2, 0.25) is 0 Å². The van der Waals surface area contributed by atoms with Gasteiger partial charge >= 0.3 is 0 Å². The van der Waals surface area contributed by atoms with Gasteiger partial charge in [-0.25, -0.2) is 4.98 Å². The van der Waals surface area contributed by atoms with E-state index in [1.165, 1.54) is 11.3 Å². The molecule has 0 unspecified atom stereocenters. The van der Waals surface area contributed by atoms with Crippen molar-refractivity contribution in [2.75, 3.05) is 7.11 Å². The molecule has 28 heavy (non-hydrogen) atoms. The number of hydrogen-bond acceptors (Lipinski definition) is 5. The molecule has 0 bridgehead atoms. The van der Waals surface area contributed by atoms with E-state index >= 15 is 0 Å². The van der Waals surface area contributed by atoms with Crippen molar-refractivity contribution in [3.63, 3.8) is 0 Å². The van der Waals surface area contributed by atoms with E-state index in [0.717, 1.165) is 5.69 Å². The number of aromatic nitrogens is 3. The van der Waals surface area contributed by atoms with Crippen molar-refractivity contribution in [1.82, 2.24) is 14.1 Å². The summed E-state index contributed by atoms with van der Waals surface area (Å²) in [6, 6.07) is 14.6. The van der Waals surface area contributed by atoms with Gasteiger partial charge in [-0.05, 0) is 54.7 Å². The fourth-order valence-electron chi connectivity index (χ4n) is 2.93. The number of benzene rings is 2. The van der Waals surface area contributed by atoms with E-state index in [0.29, 0.717) is 41.9 Å². The van der Waals surface area contributed by atoms with Crippen LogP contribution in [0.1, 0.15) is 5.82 Å². The highest BCUT2D eigenvalue weighted by Crippen LogP contribution is 2.26. The summed E-state index contributed by atoms with van der Waals surface area (Å²) in [6.07, 6.45) is 0. The van der Waals surface area contributed by atoms with Gasteiger partial charge in [0.1, 0.15) is 16.3 Å². The van der Waals surface area contributed by atoms with Crippen molar-refractivity contribution in [3.05, 3.63) is 73.7 Å². The Balaban J connectivity index is 2.01. The first kappa shape index (κ1) is 19.3. The summed E-state index contributed by atoms with van der Waals surface area (Å²) in [6.45, 7) is 0. The van der Waals surface area contributed by atoms with Crippen LogP contribution in [0.4, 0.5) is 0 Å². The van der Waals surface area contributed by atoms with Crippen molar-refractivity contribution in [2.24, 2.45) is 0 Å². The second-order valence-electron chi connectivity index (χ2n) is 5.84. The highest BCUT2D eigenvalue weighted by Gasteiger charge is 2.18. The van der Waals surface area contributed by atoms with Crippen LogP contribution >= 0.6 is 51.1 Å². The summed E-state index contributed by atoms with van der Waals surface area (Å²) in [5.74, 6) is 1.29. The van der Waals surface area contributed by atoms with Gasteiger partial charge in [-0.3, -0.25) is 13.9 Å². The van der Waals surface area contributed by atoms with Gasteiger partial charge in [0.15, 0.2) is 9.60 Å². The molecule has 9 heteroatoms. The lowest BCUT2D eigenvalue weighted by atomic mass is 10.3. The molecule has 0 spiro atoms. The molecule has 0 aliphatic carbocycles. The van der Waals surface area contributed by atoms with E-state index in [2.05, 4.69) is 15.9 Å². The second kappa shape index (κ2) is 7.79. The number of ether oxygens (including phenoxy) is 1. The van der Waals surface area contributed by atoms with Crippen molar-refractivity contribution >= 4 is 61.4 Å². The summed E-state index contributed by atoms with van der Waals surface area (Å²) in [7, 11) is 1.60. The maximum atomic E-state index is 13.3. The zero-order valence-electron chi connectivity index (χ0n) is 14.6. The van der Waals surface area contributed by atoms with Crippen LogP contribution in [0.5, 0.6) is 5.75 Å². The first-order valence-corrected chi connectivity index (χ1v) is 10.9. The Morgan fingerprint density at radius 3 is 2.57 bits per heavy atom. The van der Waals surface area contributed by atoms with Crippen LogP contribution in [-0.2, 0) is 5.33 Å². The minimum atomic E-state index is -0.165. The monoisotopic (exact) mass is 493 g/mol. The highest BCUT2D eigenvalue weighted by atomic mass is 79.9. The second-order valence-corrected chi connectivity index (χ2v) is 8.48. The van der Waals surface area contributed by atoms with Crippen LogP contribution in [0, 0.1) is 3.95 Å². The first-order chi connectivity index (χ1) is 13.5. The lowest BCUT2D eigenvalue weighted by Gasteiger charge is -2.12. The van der Waals surface area contributed by atoms with Crippen molar-refractivity contribution < 1.29 is 4.74 Å². The first-order valence-electron chi connectivity index (χ1n) is 8.17. The van der Waals surface area contributed by atoms with E-state index in [1.807, 2.05) is 36.4 Å². The number of halogens is 2. The summed E-state index contributed by atoms with van der Waals surface area (Å²) in [5.41, 5.74) is 1.85. The molecular weight excluding hydrogens is 482 g/mol. The molecule has 4 rings (SSSR count). The Labute approximate surface area is 182 Å². The van der Waals surface area contributed by atoms with Gasteiger partial charge in [0.05, 0.1) is 23.8 Å². The topological polar surface area (TPSA) is 49.0 Å². The predicted molar refractivity (Wildman–Crippen MR) is 120 cm³/mol. The number of thiazole rings is 1. The van der Waals surface area contributed by atoms with Gasteiger partial charge in [-0.1, -0.05) is 44.9 Å². The molecule has 2 heterocycles. The SMILES string of the molecule is COc1ccc(-n2c(CBr)nc3c(sc(=S)n3-c3cccc(Cl)c3)c2=O)cc1. The van der Waals surface area contributed by atoms with Crippen LogP contribution < -0.4 is 10.3 Å². The maximum Gasteiger partial charge on any atom is 0.277 e. The highest BCUT2D eigenvalue weighted by molar-refractivity contribution is 9.08. The van der Waals surface area contributed by atoms with Crippen LogP contribution in [0.2, 0.25) is 5.02 Å². The lowest BCUT2D eigenvalue weighted by molar-refractivity contribution is 0.414. The third-order valence-electron chi connectivity index (χ3n) is 4.19. The predicted octanol–water partition coefficient (Wildman–Crippen LogP) is 5.52. The van der Waals surface area contributed by atoms with Crippen LogP contribution in [0.15, 0.2) is 53.3 Å². The van der Waals surface area contributed by atoms with E-state index in [1.54, 1.807) is 28.4 Å². The molecule has 0 saturated carbocycles. The van der Waals surface area contributed by atoms with Crippen molar-refractivity contribution in [3.8, 4) is 17.1 Å². The fourth-order valence-corrected chi connectivity index (χ4v) is 4.79. The van der Waals surface area contributed by atoms with E-state index in [-0.39, 0.29) is 5.56 Å². The Morgan fingerprint density at radius 2 is 1.93 bits per heavy atom. The van der Waals surface area contributed by atoms with Crippen LogP contribution in [-0.4, -0.2) is 21.2 Å². The number of alkyl halides is 1. The largest absolute Gasteiger partial charge is 0.497 e. The van der Waals surface area contributed by atoms with Gasteiger partial charge in [0.25, 0.3) is 5.56 Å². The van der Waals surface area contributed by atoms with Crippen LogP contribution in [0.3, 0.4) is 0 Å². The molecule has 0 saturated heterocycles. The number of fused-ring (bicyclic) bond motifs is 1. The average Bonchev–Trinajstić information content (AvgIpc) is 3.04.